The molecule has 2 atom stereocenters. The first-order valence-electron chi connectivity index (χ1n) is 11.6. The van der Waals surface area contributed by atoms with E-state index in [1.165, 1.54) is 10.1 Å². The molecule has 2 heterocycles. The number of aryl methyl sites for hydroxylation is 2. The molecule has 0 bridgehead atoms. The fourth-order valence-corrected chi connectivity index (χ4v) is 4.46. The molecule has 9 heteroatoms. The van der Waals surface area contributed by atoms with E-state index < -0.39 is 12.3 Å². The highest BCUT2D eigenvalue weighted by atomic mass is 19.4. The largest absolute Gasteiger partial charge is 0.420 e. The molecule has 3 rings (SSSR count). The van der Waals surface area contributed by atoms with Crippen molar-refractivity contribution in [2.75, 3.05) is 13.6 Å². The summed E-state index contributed by atoms with van der Waals surface area (Å²) in [6, 6.07) is 3.93. The first-order chi connectivity index (χ1) is 16.3. The molecule has 6 nitrogen and oxygen atoms in total. The molecular formula is C25H32F3N5O. The molecule has 184 valence electrons. The van der Waals surface area contributed by atoms with Crippen molar-refractivity contribution in [3.05, 3.63) is 59.0 Å². The van der Waals surface area contributed by atoms with Crippen molar-refractivity contribution in [3.8, 4) is 12.3 Å². The molecule has 1 aliphatic carbocycles. The van der Waals surface area contributed by atoms with Gasteiger partial charge >= 0.3 is 6.18 Å². The van der Waals surface area contributed by atoms with E-state index in [0.717, 1.165) is 25.0 Å². The summed E-state index contributed by atoms with van der Waals surface area (Å²) in [5.41, 5.74) is 2.14. The van der Waals surface area contributed by atoms with Crippen molar-refractivity contribution < 1.29 is 18.3 Å². The lowest BCUT2D eigenvalue weighted by atomic mass is 9.91. The lowest BCUT2D eigenvalue weighted by molar-refractivity contribution is -0.209. The maximum Gasteiger partial charge on any atom is 0.420 e. The Hall–Kier alpha value is -2.67. The number of nitrogens with zero attached hydrogens (tertiary/aromatic N) is 4. The Morgan fingerprint density at radius 3 is 2.94 bits per heavy atom. The molecule has 0 amide bonds. The zero-order chi connectivity index (χ0) is 24.7. The molecule has 1 aliphatic rings. The van der Waals surface area contributed by atoms with Gasteiger partial charge in [-0.15, -0.1) is 6.42 Å². The van der Waals surface area contributed by atoms with Crippen molar-refractivity contribution in [2.45, 2.75) is 70.6 Å². The predicted octanol–water partition coefficient (Wildman–Crippen LogP) is 4.07. The van der Waals surface area contributed by atoms with Crippen molar-refractivity contribution >= 4 is 0 Å². The smallest absolute Gasteiger partial charge is 0.378 e. The number of hydrogen-bond acceptors (Lipinski definition) is 5. The standard InChI is InChI=1S/C25H32F3N5O/c1-4-6-7-8-14-21-31-19(23(24(34)25(26,27)28)33(21)17-29-5-2)16-32(3)20-13-9-11-18-12-10-15-30-22(18)20/h1,6-7,10,12,15,20,24,29,34H,5,8-9,11,13-14,16-17H2,2-3H3/b7-6-. The number of aliphatic hydroxyl groups is 1. The van der Waals surface area contributed by atoms with Crippen LogP contribution in [0, 0.1) is 12.3 Å². The summed E-state index contributed by atoms with van der Waals surface area (Å²) in [5.74, 6) is 2.88. The van der Waals surface area contributed by atoms with E-state index >= 15 is 0 Å². The minimum absolute atomic E-state index is 0.0261. The third-order valence-corrected chi connectivity index (χ3v) is 6.10. The van der Waals surface area contributed by atoms with Gasteiger partial charge in [-0.2, -0.15) is 13.2 Å². The number of rotatable bonds is 10. The van der Waals surface area contributed by atoms with Gasteiger partial charge < -0.3 is 9.67 Å². The molecule has 34 heavy (non-hydrogen) atoms. The van der Waals surface area contributed by atoms with E-state index in [4.69, 9.17) is 6.42 Å². The van der Waals surface area contributed by atoms with Crippen LogP contribution in [0.2, 0.25) is 0 Å². The number of hydrogen-bond donors (Lipinski definition) is 2. The number of allylic oxidation sites excluding steroid dienone is 2. The average Bonchev–Trinajstić information content (AvgIpc) is 3.15. The molecule has 0 fully saturated rings. The van der Waals surface area contributed by atoms with Crippen molar-refractivity contribution in [1.29, 1.82) is 0 Å². The van der Waals surface area contributed by atoms with Crippen molar-refractivity contribution in [1.82, 2.24) is 24.8 Å². The Balaban J connectivity index is 1.98. The van der Waals surface area contributed by atoms with Crippen LogP contribution in [0.1, 0.15) is 66.8 Å². The minimum atomic E-state index is -4.81. The van der Waals surface area contributed by atoms with E-state index in [2.05, 4.69) is 21.2 Å². The van der Waals surface area contributed by atoms with Gasteiger partial charge in [0.25, 0.3) is 0 Å². The number of terminal acetylenes is 1. The summed E-state index contributed by atoms with van der Waals surface area (Å²) >= 11 is 0. The number of aliphatic hydroxyl groups excluding tert-OH is 1. The molecule has 2 N–H and O–H groups in total. The fourth-order valence-electron chi connectivity index (χ4n) is 4.46. The second-order valence-corrected chi connectivity index (χ2v) is 8.47. The molecule has 0 radical (unpaired) electrons. The monoisotopic (exact) mass is 475 g/mol. The van der Waals surface area contributed by atoms with Gasteiger partial charge in [0.05, 0.1) is 29.8 Å². The van der Waals surface area contributed by atoms with Gasteiger partial charge in [-0.3, -0.25) is 15.2 Å². The van der Waals surface area contributed by atoms with Crippen LogP contribution >= 0.6 is 0 Å². The highest BCUT2D eigenvalue weighted by Gasteiger charge is 2.43. The normalized spacial score (nSPS) is 17.2. The molecule has 0 aliphatic heterocycles. The highest BCUT2D eigenvalue weighted by Crippen LogP contribution is 2.37. The Morgan fingerprint density at radius 2 is 2.24 bits per heavy atom. The van der Waals surface area contributed by atoms with Crippen LogP contribution in [-0.4, -0.2) is 44.3 Å². The molecule has 0 spiro atoms. The maximum absolute atomic E-state index is 13.7. The van der Waals surface area contributed by atoms with E-state index in [9.17, 15) is 18.3 Å². The van der Waals surface area contributed by atoms with Gasteiger partial charge in [0.1, 0.15) is 5.82 Å². The van der Waals surface area contributed by atoms with Gasteiger partial charge in [-0.05, 0) is 57.0 Å². The number of halogens is 3. The summed E-state index contributed by atoms with van der Waals surface area (Å²) in [5, 5.41) is 13.4. The van der Waals surface area contributed by atoms with Crippen molar-refractivity contribution in [2.24, 2.45) is 0 Å². The predicted molar refractivity (Wildman–Crippen MR) is 125 cm³/mol. The van der Waals surface area contributed by atoms with E-state index in [1.807, 2.05) is 31.0 Å². The second kappa shape index (κ2) is 11.6. The summed E-state index contributed by atoms with van der Waals surface area (Å²) in [4.78, 5) is 11.1. The van der Waals surface area contributed by atoms with Gasteiger partial charge in [-0.1, -0.05) is 25.0 Å². The lowest BCUT2D eigenvalue weighted by Crippen LogP contribution is -2.31. The summed E-state index contributed by atoms with van der Waals surface area (Å²) < 4.78 is 42.6. The molecular weight excluding hydrogens is 443 g/mol. The lowest BCUT2D eigenvalue weighted by Gasteiger charge is -2.32. The number of alkyl halides is 3. The SMILES string of the molecule is C#C/C=C\CCc1nc(CN(C)C2CCCc3cccnc32)c(C(O)C(F)(F)F)n1CNCC. The average molecular weight is 476 g/mol. The Kier molecular flexibility index (Phi) is 8.89. The molecule has 2 aromatic rings. The van der Waals surface area contributed by atoms with Crippen LogP contribution in [0.4, 0.5) is 13.2 Å². The summed E-state index contributed by atoms with van der Waals surface area (Å²) in [6.07, 6.45) is 6.61. The van der Waals surface area contributed by atoms with Crippen LogP contribution in [0.25, 0.3) is 0 Å². The van der Waals surface area contributed by atoms with Crippen molar-refractivity contribution in [3.63, 3.8) is 0 Å². The third kappa shape index (κ3) is 6.06. The molecule has 2 unspecified atom stereocenters. The van der Waals surface area contributed by atoms with Gasteiger partial charge in [-0.25, -0.2) is 4.98 Å². The number of aromatic nitrogens is 3. The summed E-state index contributed by atoms with van der Waals surface area (Å²) in [6.45, 7) is 2.72. The highest BCUT2D eigenvalue weighted by molar-refractivity contribution is 5.27. The maximum atomic E-state index is 13.7. The van der Waals surface area contributed by atoms with Crippen LogP contribution in [-0.2, 0) is 26.1 Å². The number of imidazole rings is 1. The molecule has 0 saturated carbocycles. The van der Waals surface area contributed by atoms with E-state index in [0.29, 0.717) is 25.2 Å². The molecule has 0 aromatic carbocycles. The zero-order valence-corrected chi connectivity index (χ0v) is 19.6. The Bertz CT molecular complexity index is 1020. The number of pyridine rings is 1. The third-order valence-electron chi connectivity index (χ3n) is 6.10. The number of nitrogens with one attached hydrogen (secondary N) is 1. The van der Waals surface area contributed by atoms with Gasteiger partial charge in [0, 0.05) is 19.2 Å². The molecule has 2 aromatic heterocycles. The second-order valence-electron chi connectivity index (χ2n) is 8.47. The first kappa shape index (κ1) is 25.9. The van der Waals surface area contributed by atoms with Gasteiger partial charge in [0.15, 0.2) is 6.10 Å². The Morgan fingerprint density at radius 1 is 1.44 bits per heavy atom. The topological polar surface area (TPSA) is 66.2 Å². The van der Waals surface area contributed by atoms with Crippen LogP contribution < -0.4 is 5.32 Å². The number of fused-ring (bicyclic) bond motifs is 1. The van der Waals surface area contributed by atoms with Crippen LogP contribution in [0.15, 0.2) is 30.5 Å². The summed E-state index contributed by atoms with van der Waals surface area (Å²) in [7, 11) is 1.87. The first-order valence-corrected chi connectivity index (χ1v) is 11.6. The van der Waals surface area contributed by atoms with Crippen LogP contribution in [0.3, 0.4) is 0 Å². The minimum Gasteiger partial charge on any atom is -0.378 e. The molecule has 0 saturated heterocycles. The van der Waals surface area contributed by atoms with E-state index in [-0.39, 0.29) is 30.6 Å². The zero-order valence-electron chi connectivity index (χ0n) is 19.6. The van der Waals surface area contributed by atoms with Gasteiger partial charge in [0.2, 0.25) is 0 Å². The van der Waals surface area contributed by atoms with E-state index in [1.54, 1.807) is 18.3 Å². The van der Waals surface area contributed by atoms with Crippen LogP contribution in [0.5, 0.6) is 0 Å². The fraction of sp³-hybridized carbons (Fsp3) is 0.520. The Labute approximate surface area is 198 Å². The quantitative estimate of drug-likeness (QED) is 0.507.